The predicted octanol–water partition coefficient (Wildman–Crippen LogP) is 4.85. The topological polar surface area (TPSA) is 20.2 Å². The van der Waals surface area contributed by atoms with E-state index in [1.807, 2.05) is 0 Å². The van der Waals surface area contributed by atoms with E-state index in [4.69, 9.17) is 23.2 Å². The third kappa shape index (κ3) is 3.14. The second-order valence-corrected chi connectivity index (χ2v) is 5.65. The highest BCUT2D eigenvalue weighted by Crippen LogP contribution is 2.42. The molecule has 1 unspecified atom stereocenters. The molecule has 1 saturated carbocycles. The lowest BCUT2D eigenvalue weighted by Crippen LogP contribution is -2.27. The van der Waals surface area contributed by atoms with Crippen molar-refractivity contribution in [2.75, 3.05) is 0 Å². The Morgan fingerprint density at radius 1 is 1.22 bits per heavy atom. The van der Waals surface area contributed by atoms with Crippen LogP contribution in [0.15, 0.2) is 18.2 Å². The summed E-state index contributed by atoms with van der Waals surface area (Å²) < 4.78 is 26.1. The first-order valence-electron chi connectivity index (χ1n) is 5.90. The molecule has 0 bridgehead atoms. The number of benzene rings is 1. The van der Waals surface area contributed by atoms with Gasteiger partial charge in [-0.2, -0.15) is 0 Å². The smallest absolute Gasteiger partial charge is 0.248 e. The molecular weight excluding hydrogens is 281 g/mol. The summed E-state index contributed by atoms with van der Waals surface area (Å²) in [5, 5.41) is 11.1. The molecular formula is C13H14Cl2F2O. The van der Waals surface area contributed by atoms with E-state index in [1.54, 1.807) is 18.2 Å². The first kappa shape index (κ1) is 14.0. The molecule has 0 aromatic heterocycles. The normalized spacial score (nSPS) is 21.8. The highest BCUT2D eigenvalue weighted by Gasteiger charge is 2.37. The zero-order valence-corrected chi connectivity index (χ0v) is 11.2. The zero-order valence-electron chi connectivity index (χ0n) is 9.67. The van der Waals surface area contributed by atoms with Gasteiger partial charge in [0.25, 0.3) is 0 Å². The molecule has 100 valence electrons. The molecule has 1 aliphatic carbocycles. The van der Waals surface area contributed by atoms with Crippen LogP contribution < -0.4 is 0 Å². The Kier molecular flexibility index (Phi) is 4.15. The molecule has 1 nitrogen and oxygen atoms in total. The lowest BCUT2D eigenvalue weighted by Gasteiger charge is -2.31. The highest BCUT2D eigenvalue weighted by molar-refractivity contribution is 6.33. The van der Waals surface area contributed by atoms with Crippen LogP contribution in [-0.2, 0) is 0 Å². The highest BCUT2D eigenvalue weighted by atomic mass is 35.5. The average molecular weight is 295 g/mol. The standard InChI is InChI=1S/C13H14Cl2F2O/c14-9-1-2-11(15)10(7-9)12(18)8-3-5-13(16,17)6-4-8/h1-2,7-8,12,18H,3-6H2. The van der Waals surface area contributed by atoms with Crippen molar-refractivity contribution in [3.63, 3.8) is 0 Å². The molecule has 1 aromatic rings. The molecule has 0 heterocycles. The molecule has 0 saturated heterocycles. The molecule has 2 rings (SSSR count). The molecule has 5 heteroatoms. The molecule has 1 aromatic carbocycles. The second-order valence-electron chi connectivity index (χ2n) is 4.80. The van der Waals surface area contributed by atoms with Crippen LogP contribution in [0.5, 0.6) is 0 Å². The Morgan fingerprint density at radius 2 is 1.83 bits per heavy atom. The largest absolute Gasteiger partial charge is 0.388 e. The van der Waals surface area contributed by atoms with E-state index in [0.29, 0.717) is 28.5 Å². The van der Waals surface area contributed by atoms with E-state index in [9.17, 15) is 13.9 Å². The van der Waals surface area contributed by atoms with Gasteiger partial charge in [-0.25, -0.2) is 8.78 Å². The molecule has 1 fully saturated rings. The maximum atomic E-state index is 13.1. The van der Waals surface area contributed by atoms with Crippen LogP contribution in [0.2, 0.25) is 10.0 Å². The van der Waals surface area contributed by atoms with Crippen LogP contribution in [0.25, 0.3) is 0 Å². The summed E-state index contributed by atoms with van der Waals surface area (Å²) >= 11 is 11.9. The molecule has 18 heavy (non-hydrogen) atoms. The van der Waals surface area contributed by atoms with E-state index >= 15 is 0 Å². The fourth-order valence-electron chi connectivity index (χ4n) is 2.37. The predicted molar refractivity (Wildman–Crippen MR) is 68.3 cm³/mol. The Hall–Kier alpha value is -0.380. The minimum absolute atomic E-state index is 0.174. The van der Waals surface area contributed by atoms with Gasteiger partial charge >= 0.3 is 0 Å². The average Bonchev–Trinajstić information content (AvgIpc) is 2.31. The van der Waals surface area contributed by atoms with Gasteiger partial charge in [-0.15, -0.1) is 0 Å². The quantitative estimate of drug-likeness (QED) is 0.826. The number of hydrogen-bond donors (Lipinski definition) is 1. The van der Waals surface area contributed by atoms with Crippen molar-refractivity contribution < 1.29 is 13.9 Å². The minimum Gasteiger partial charge on any atom is -0.388 e. The lowest BCUT2D eigenvalue weighted by molar-refractivity contribution is -0.0627. The summed E-state index contributed by atoms with van der Waals surface area (Å²) in [5.41, 5.74) is 0.527. The number of aliphatic hydroxyl groups is 1. The van der Waals surface area contributed by atoms with Crippen LogP contribution in [0, 0.1) is 5.92 Å². The van der Waals surface area contributed by atoms with Gasteiger partial charge in [-0.3, -0.25) is 0 Å². The van der Waals surface area contributed by atoms with Gasteiger partial charge in [0, 0.05) is 28.5 Å². The number of hydrogen-bond acceptors (Lipinski definition) is 1. The Labute approximate surface area is 115 Å². The fraction of sp³-hybridized carbons (Fsp3) is 0.538. The van der Waals surface area contributed by atoms with Crippen LogP contribution in [0.4, 0.5) is 8.78 Å². The van der Waals surface area contributed by atoms with Gasteiger partial charge in [0.1, 0.15) is 0 Å². The first-order valence-corrected chi connectivity index (χ1v) is 6.65. The van der Waals surface area contributed by atoms with E-state index < -0.39 is 12.0 Å². The number of rotatable bonds is 2. The van der Waals surface area contributed by atoms with Gasteiger partial charge in [0.15, 0.2) is 0 Å². The van der Waals surface area contributed by atoms with Crippen molar-refractivity contribution in [3.05, 3.63) is 33.8 Å². The maximum absolute atomic E-state index is 13.1. The van der Waals surface area contributed by atoms with E-state index in [2.05, 4.69) is 0 Å². The Morgan fingerprint density at radius 3 is 2.44 bits per heavy atom. The summed E-state index contributed by atoms with van der Waals surface area (Å²) in [6, 6.07) is 4.84. The molecule has 0 amide bonds. The monoisotopic (exact) mass is 294 g/mol. The molecule has 0 spiro atoms. The van der Waals surface area contributed by atoms with Crippen molar-refractivity contribution >= 4 is 23.2 Å². The second kappa shape index (κ2) is 5.32. The van der Waals surface area contributed by atoms with Gasteiger partial charge < -0.3 is 5.11 Å². The Bertz CT molecular complexity index is 427. The van der Waals surface area contributed by atoms with Crippen molar-refractivity contribution in [1.82, 2.24) is 0 Å². The van der Waals surface area contributed by atoms with Crippen LogP contribution in [0.1, 0.15) is 37.4 Å². The number of alkyl halides is 2. The van der Waals surface area contributed by atoms with Gasteiger partial charge in [0.05, 0.1) is 6.10 Å². The molecule has 1 atom stereocenters. The van der Waals surface area contributed by atoms with Crippen molar-refractivity contribution in [1.29, 1.82) is 0 Å². The summed E-state index contributed by atoms with van der Waals surface area (Å²) in [4.78, 5) is 0. The van der Waals surface area contributed by atoms with Crippen LogP contribution in [0.3, 0.4) is 0 Å². The number of halogens is 4. The molecule has 1 N–H and O–H groups in total. The lowest BCUT2D eigenvalue weighted by atomic mass is 9.81. The number of aliphatic hydroxyl groups excluding tert-OH is 1. The molecule has 1 aliphatic rings. The van der Waals surface area contributed by atoms with Gasteiger partial charge in [-0.05, 0) is 37.0 Å². The summed E-state index contributed by atoms with van der Waals surface area (Å²) in [5.74, 6) is -2.77. The van der Waals surface area contributed by atoms with Gasteiger partial charge in [0.2, 0.25) is 5.92 Å². The summed E-state index contributed by atoms with van der Waals surface area (Å²) in [6.07, 6.45) is -0.569. The zero-order chi connectivity index (χ0) is 13.3. The maximum Gasteiger partial charge on any atom is 0.248 e. The van der Waals surface area contributed by atoms with Gasteiger partial charge in [-0.1, -0.05) is 23.2 Å². The first-order chi connectivity index (χ1) is 8.39. The SMILES string of the molecule is OC(c1cc(Cl)ccc1Cl)C1CCC(F)(F)CC1. The third-order valence-corrected chi connectivity index (χ3v) is 4.06. The van der Waals surface area contributed by atoms with E-state index in [-0.39, 0.29) is 18.8 Å². The minimum atomic E-state index is -2.59. The van der Waals surface area contributed by atoms with Crippen LogP contribution in [-0.4, -0.2) is 11.0 Å². The van der Waals surface area contributed by atoms with Crippen molar-refractivity contribution in [3.8, 4) is 0 Å². The molecule has 0 aliphatic heterocycles. The third-order valence-electron chi connectivity index (χ3n) is 3.48. The Balaban J connectivity index is 2.12. The van der Waals surface area contributed by atoms with E-state index in [1.165, 1.54) is 0 Å². The summed E-state index contributed by atoms with van der Waals surface area (Å²) in [7, 11) is 0. The molecule has 0 radical (unpaired) electrons. The van der Waals surface area contributed by atoms with E-state index in [0.717, 1.165) is 0 Å². The van der Waals surface area contributed by atoms with Crippen molar-refractivity contribution in [2.24, 2.45) is 5.92 Å². The fourth-order valence-corrected chi connectivity index (χ4v) is 2.78. The van der Waals surface area contributed by atoms with Crippen molar-refractivity contribution in [2.45, 2.75) is 37.7 Å². The van der Waals surface area contributed by atoms with Crippen LogP contribution >= 0.6 is 23.2 Å². The summed E-state index contributed by atoms with van der Waals surface area (Å²) in [6.45, 7) is 0.